The highest BCUT2D eigenvalue weighted by Gasteiger charge is 2.30. The SMILES string of the molecule is CC1=CCCC(C)(C)C1/C=C/C(C)CCCC(C)CCCCC(C)CCCC(C)/C=C/C1=C(C)CCCC1(C)C. The molecule has 40 heavy (non-hydrogen) atoms. The number of hydrogen-bond donors (Lipinski definition) is 0. The van der Waals surface area contributed by atoms with Crippen LogP contribution in [0.15, 0.2) is 47.1 Å². The second kappa shape index (κ2) is 17.2. The standard InChI is InChI=1S/C40H70/c1-31(19-13-21-33(3)25-27-37-35(5)23-15-29-39(37,7)8)17-11-12-18-32(2)20-14-22-34(4)26-28-38-36(6)24-16-30-40(38,9)10/h23,25-28,31-34,37H,11-22,24,29-30H2,1-10H3/b27-25+,28-26+. The van der Waals surface area contributed by atoms with Gasteiger partial charge in [-0.05, 0) is 98.9 Å². The van der Waals surface area contributed by atoms with Gasteiger partial charge in [0.05, 0.1) is 0 Å². The molecule has 5 atom stereocenters. The monoisotopic (exact) mass is 551 g/mol. The predicted octanol–water partition coefficient (Wildman–Crippen LogP) is 13.5. The van der Waals surface area contributed by atoms with Crippen molar-refractivity contribution in [3.63, 3.8) is 0 Å². The smallest absolute Gasteiger partial charge is 0.00254 e. The molecule has 0 aromatic rings. The van der Waals surface area contributed by atoms with E-state index in [-0.39, 0.29) is 0 Å². The van der Waals surface area contributed by atoms with Crippen molar-refractivity contribution in [3.05, 3.63) is 47.1 Å². The first-order chi connectivity index (χ1) is 18.8. The maximum atomic E-state index is 2.54. The number of rotatable bonds is 17. The summed E-state index contributed by atoms with van der Waals surface area (Å²) in [6, 6.07) is 0. The van der Waals surface area contributed by atoms with Gasteiger partial charge in [-0.25, -0.2) is 0 Å². The van der Waals surface area contributed by atoms with E-state index >= 15 is 0 Å². The molecule has 0 spiro atoms. The Morgan fingerprint density at radius 3 is 1.85 bits per heavy atom. The third kappa shape index (κ3) is 12.4. The summed E-state index contributed by atoms with van der Waals surface area (Å²) in [7, 11) is 0. The van der Waals surface area contributed by atoms with Crippen LogP contribution in [-0.4, -0.2) is 0 Å². The second-order valence-electron chi connectivity index (χ2n) is 15.9. The van der Waals surface area contributed by atoms with Crippen LogP contribution in [0, 0.1) is 40.4 Å². The molecule has 0 fully saturated rings. The summed E-state index contributed by atoms with van der Waals surface area (Å²) in [5.41, 5.74) is 5.60. The fourth-order valence-electron chi connectivity index (χ4n) is 7.60. The second-order valence-corrected chi connectivity index (χ2v) is 15.9. The molecule has 230 valence electrons. The van der Waals surface area contributed by atoms with Crippen LogP contribution in [-0.2, 0) is 0 Å². The Labute approximate surface area is 252 Å². The van der Waals surface area contributed by atoms with Gasteiger partial charge in [-0.1, -0.05) is 148 Å². The number of hydrogen-bond acceptors (Lipinski definition) is 0. The maximum absolute atomic E-state index is 2.54. The summed E-state index contributed by atoms with van der Waals surface area (Å²) in [4.78, 5) is 0. The Kier molecular flexibility index (Phi) is 15.1. The molecule has 5 unspecified atom stereocenters. The number of allylic oxidation sites excluding steroid dienone is 8. The van der Waals surface area contributed by atoms with Gasteiger partial charge in [0.2, 0.25) is 0 Å². The van der Waals surface area contributed by atoms with Crippen molar-refractivity contribution in [2.45, 2.75) is 166 Å². The summed E-state index contributed by atoms with van der Waals surface area (Å²) in [6.07, 6.45) is 33.0. The Morgan fingerprint density at radius 1 is 0.750 bits per heavy atom. The fourth-order valence-corrected chi connectivity index (χ4v) is 7.60. The van der Waals surface area contributed by atoms with Gasteiger partial charge in [0, 0.05) is 5.92 Å². The first kappa shape index (κ1) is 35.2. The summed E-state index contributed by atoms with van der Waals surface area (Å²) in [5.74, 6) is 3.80. The van der Waals surface area contributed by atoms with Crippen molar-refractivity contribution in [1.29, 1.82) is 0 Å². The van der Waals surface area contributed by atoms with Crippen molar-refractivity contribution < 1.29 is 0 Å². The summed E-state index contributed by atoms with van der Waals surface area (Å²) in [5, 5.41) is 0. The zero-order valence-electron chi connectivity index (χ0n) is 28.9. The quantitative estimate of drug-likeness (QED) is 0.125. The minimum Gasteiger partial charge on any atom is -0.0851 e. The van der Waals surface area contributed by atoms with Gasteiger partial charge in [-0.3, -0.25) is 0 Å². The van der Waals surface area contributed by atoms with Crippen LogP contribution in [0.3, 0.4) is 0 Å². The largest absolute Gasteiger partial charge is 0.0851 e. The van der Waals surface area contributed by atoms with Crippen LogP contribution in [0.5, 0.6) is 0 Å². The molecule has 0 amide bonds. The highest BCUT2D eigenvalue weighted by molar-refractivity contribution is 5.32. The van der Waals surface area contributed by atoms with Crippen LogP contribution in [0.4, 0.5) is 0 Å². The fraction of sp³-hybridized carbons (Fsp3) is 0.800. The molecule has 0 radical (unpaired) electrons. The zero-order chi connectivity index (χ0) is 29.8. The van der Waals surface area contributed by atoms with E-state index < -0.39 is 0 Å². The molecule has 0 N–H and O–H groups in total. The number of unbranched alkanes of at least 4 members (excludes halogenated alkanes) is 1. The van der Waals surface area contributed by atoms with Crippen LogP contribution in [0.1, 0.15) is 166 Å². The van der Waals surface area contributed by atoms with E-state index in [0.717, 1.165) is 11.8 Å². The summed E-state index contributed by atoms with van der Waals surface area (Å²) >= 11 is 0. The summed E-state index contributed by atoms with van der Waals surface area (Å²) < 4.78 is 0. The molecule has 0 nitrogen and oxygen atoms in total. The molecule has 0 aliphatic heterocycles. The van der Waals surface area contributed by atoms with E-state index in [0.29, 0.717) is 28.6 Å². The van der Waals surface area contributed by atoms with Gasteiger partial charge in [-0.15, -0.1) is 0 Å². The molecule has 0 aromatic carbocycles. The van der Waals surface area contributed by atoms with Gasteiger partial charge >= 0.3 is 0 Å². The van der Waals surface area contributed by atoms with Crippen molar-refractivity contribution in [3.8, 4) is 0 Å². The van der Waals surface area contributed by atoms with E-state index in [1.165, 1.54) is 96.3 Å². The Bertz CT molecular complexity index is 843. The average molecular weight is 551 g/mol. The van der Waals surface area contributed by atoms with Crippen LogP contribution in [0.2, 0.25) is 0 Å². The minimum atomic E-state index is 0.364. The Morgan fingerprint density at radius 2 is 1.30 bits per heavy atom. The first-order valence-corrected chi connectivity index (χ1v) is 17.5. The zero-order valence-corrected chi connectivity index (χ0v) is 28.9. The van der Waals surface area contributed by atoms with E-state index in [4.69, 9.17) is 0 Å². The molecule has 2 aliphatic rings. The van der Waals surface area contributed by atoms with Crippen LogP contribution < -0.4 is 0 Å². The molecule has 0 heteroatoms. The molecule has 0 bridgehead atoms. The van der Waals surface area contributed by atoms with Gasteiger partial charge in [0.15, 0.2) is 0 Å². The molecule has 0 saturated heterocycles. The van der Waals surface area contributed by atoms with Crippen molar-refractivity contribution in [2.75, 3.05) is 0 Å². The third-order valence-corrected chi connectivity index (χ3v) is 10.7. The molecular weight excluding hydrogens is 480 g/mol. The summed E-state index contributed by atoms with van der Waals surface area (Å²) in [6.45, 7) is 24.3. The lowest BCUT2D eigenvalue weighted by atomic mass is 9.68. The highest BCUT2D eigenvalue weighted by Crippen LogP contribution is 2.42. The normalized spacial score (nSPS) is 24.4. The van der Waals surface area contributed by atoms with Crippen molar-refractivity contribution in [1.82, 2.24) is 0 Å². The predicted molar refractivity (Wildman–Crippen MR) is 182 cm³/mol. The molecule has 2 aliphatic carbocycles. The molecule has 0 heterocycles. The van der Waals surface area contributed by atoms with Crippen LogP contribution >= 0.6 is 0 Å². The van der Waals surface area contributed by atoms with Gasteiger partial charge in [0.25, 0.3) is 0 Å². The molecule has 0 aromatic heterocycles. The van der Waals surface area contributed by atoms with E-state index in [9.17, 15) is 0 Å². The lowest BCUT2D eigenvalue weighted by Crippen LogP contribution is -2.26. The van der Waals surface area contributed by atoms with Gasteiger partial charge in [-0.2, -0.15) is 0 Å². The Balaban J connectivity index is 1.53. The van der Waals surface area contributed by atoms with E-state index in [2.05, 4.69) is 99.6 Å². The van der Waals surface area contributed by atoms with Crippen molar-refractivity contribution in [2.24, 2.45) is 40.4 Å². The van der Waals surface area contributed by atoms with E-state index in [1.54, 1.807) is 16.7 Å². The first-order valence-electron chi connectivity index (χ1n) is 17.5. The topological polar surface area (TPSA) is 0 Å². The third-order valence-electron chi connectivity index (χ3n) is 10.7. The lowest BCUT2D eigenvalue weighted by molar-refractivity contribution is 0.255. The van der Waals surface area contributed by atoms with Crippen LogP contribution in [0.25, 0.3) is 0 Å². The van der Waals surface area contributed by atoms with Crippen molar-refractivity contribution >= 4 is 0 Å². The Hall–Kier alpha value is -1.04. The molecule has 2 rings (SSSR count). The molecule has 0 saturated carbocycles. The van der Waals surface area contributed by atoms with Gasteiger partial charge < -0.3 is 0 Å². The molecular formula is C40H70. The minimum absolute atomic E-state index is 0.364. The van der Waals surface area contributed by atoms with Gasteiger partial charge in [0.1, 0.15) is 0 Å². The highest BCUT2D eigenvalue weighted by atomic mass is 14.4. The maximum Gasteiger partial charge on any atom is 0.00254 e. The lowest BCUT2D eigenvalue weighted by Gasteiger charge is -2.37. The average Bonchev–Trinajstić information content (AvgIpc) is 2.85. The van der Waals surface area contributed by atoms with E-state index in [1.807, 2.05) is 0 Å².